The maximum absolute atomic E-state index is 9.76. The fourth-order valence-corrected chi connectivity index (χ4v) is 0.997. The van der Waals surface area contributed by atoms with Crippen LogP contribution in [0.2, 0.25) is 0 Å². The zero-order chi connectivity index (χ0) is 9.78. The molecule has 0 spiro atoms. The molecule has 0 aromatic heterocycles. The molecular formula is C9H21NO2. The molecule has 0 heterocycles. The lowest BCUT2D eigenvalue weighted by molar-refractivity contribution is -0.0199. The van der Waals surface area contributed by atoms with Crippen LogP contribution in [0.15, 0.2) is 0 Å². The van der Waals surface area contributed by atoms with Crippen LogP contribution in [0.1, 0.15) is 33.6 Å². The molecule has 0 bridgehead atoms. The van der Waals surface area contributed by atoms with Crippen molar-refractivity contribution in [2.75, 3.05) is 6.54 Å². The summed E-state index contributed by atoms with van der Waals surface area (Å²) in [5.74, 6) is 0.176. The smallest absolute Gasteiger partial charge is 0.0791 e. The van der Waals surface area contributed by atoms with Gasteiger partial charge in [0.1, 0.15) is 0 Å². The van der Waals surface area contributed by atoms with Crippen molar-refractivity contribution in [2.45, 2.75) is 45.3 Å². The van der Waals surface area contributed by atoms with E-state index in [0.717, 1.165) is 0 Å². The van der Waals surface area contributed by atoms with Crippen LogP contribution in [0.5, 0.6) is 0 Å². The van der Waals surface area contributed by atoms with Crippen molar-refractivity contribution >= 4 is 0 Å². The molecule has 0 saturated carbocycles. The van der Waals surface area contributed by atoms with E-state index in [2.05, 4.69) is 0 Å². The predicted molar refractivity (Wildman–Crippen MR) is 49.8 cm³/mol. The molecule has 0 radical (unpaired) electrons. The Morgan fingerprint density at radius 3 is 2.17 bits per heavy atom. The van der Waals surface area contributed by atoms with Crippen LogP contribution in [-0.2, 0) is 0 Å². The van der Waals surface area contributed by atoms with Crippen LogP contribution < -0.4 is 5.73 Å². The van der Waals surface area contributed by atoms with E-state index in [4.69, 9.17) is 5.73 Å². The van der Waals surface area contributed by atoms with Gasteiger partial charge in [-0.25, -0.2) is 0 Å². The zero-order valence-electron chi connectivity index (χ0n) is 8.25. The number of hydrogen-bond acceptors (Lipinski definition) is 3. The second-order valence-electron chi connectivity index (χ2n) is 3.80. The summed E-state index contributed by atoms with van der Waals surface area (Å²) in [6.07, 6.45) is 0.504. The van der Waals surface area contributed by atoms with E-state index < -0.39 is 11.7 Å². The highest BCUT2D eigenvalue weighted by atomic mass is 16.3. The van der Waals surface area contributed by atoms with Crippen LogP contribution in [0.4, 0.5) is 0 Å². The van der Waals surface area contributed by atoms with Crippen LogP contribution >= 0.6 is 0 Å². The topological polar surface area (TPSA) is 66.5 Å². The van der Waals surface area contributed by atoms with Crippen LogP contribution in [0.3, 0.4) is 0 Å². The summed E-state index contributed by atoms with van der Waals surface area (Å²) >= 11 is 0. The van der Waals surface area contributed by atoms with E-state index in [0.29, 0.717) is 12.8 Å². The number of rotatable bonds is 5. The molecule has 0 aliphatic heterocycles. The van der Waals surface area contributed by atoms with E-state index >= 15 is 0 Å². The van der Waals surface area contributed by atoms with Crippen molar-refractivity contribution in [3.8, 4) is 0 Å². The number of nitrogens with two attached hydrogens (primary N) is 1. The van der Waals surface area contributed by atoms with E-state index in [1.165, 1.54) is 0 Å². The summed E-state index contributed by atoms with van der Waals surface area (Å²) in [7, 11) is 0. The third-order valence-electron chi connectivity index (χ3n) is 2.40. The lowest BCUT2D eigenvalue weighted by atomic mass is 9.89. The highest BCUT2D eigenvalue weighted by molar-refractivity contribution is 4.81. The van der Waals surface area contributed by atoms with Crippen molar-refractivity contribution < 1.29 is 10.2 Å². The van der Waals surface area contributed by atoms with Gasteiger partial charge in [-0.15, -0.1) is 0 Å². The molecule has 0 amide bonds. The summed E-state index contributed by atoms with van der Waals surface area (Å²) in [4.78, 5) is 0. The van der Waals surface area contributed by atoms with Crippen LogP contribution in [0, 0.1) is 5.92 Å². The molecule has 2 atom stereocenters. The quantitative estimate of drug-likeness (QED) is 0.570. The molecule has 3 heteroatoms. The van der Waals surface area contributed by atoms with Gasteiger partial charge in [0, 0.05) is 13.0 Å². The van der Waals surface area contributed by atoms with Crippen molar-refractivity contribution in [2.24, 2.45) is 11.7 Å². The summed E-state index contributed by atoms with van der Waals surface area (Å²) in [6, 6.07) is 0. The molecule has 4 N–H and O–H groups in total. The maximum Gasteiger partial charge on any atom is 0.0791 e. The Balaban J connectivity index is 4.02. The molecular weight excluding hydrogens is 154 g/mol. The fourth-order valence-electron chi connectivity index (χ4n) is 0.997. The lowest BCUT2D eigenvalue weighted by Crippen LogP contribution is -2.41. The third kappa shape index (κ3) is 3.52. The zero-order valence-corrected chi connectivity index (χ0v) is 8.25. The van der Waals surface area contributed by atoms with Gasteiger partial charge < -0.3 is 15.9 Å². The van der Waals surface area contributed by atoms with Gasteiger partial charge in [-0.3, -0.25) is 0 Å². The molecule has 2 unspecified atom stereocenters. The minimum atomic E-state index is -0.885. The molecule has 0 saturated heterocycles. The summed E-state index contributed by atoms with van der Waals surface area (Å²) in [5, 5.41) is 19.3. The molecule has 0 aromatic carbocycles. The second kappa shape index (κ2) is 4.80. The average molecular weight is 175 g/mol. The minimum Gasteiger partial charge on any atom is -0.393 e. The normalized spacial score (nSPS) is 19.2. The Labute approximate surface area is 74.6 Å². The fraction of sp³-hybridized carbons (Fsp3) is 1.00. The number of hydrogen-bond donors (Lipinski definition) is 3. The first-order valence-electron chi connectivity index (χ1n) is 4.55. The van der Waals surface area contributed by atoms with Crippen molar-refractivity contribution in [3.63, 3.8) is 0 Å². The lowest BCUT2D eigenvalue weighted by Gasteiger charge is -2.29. The first-order valence-corrected chi connectivity index (χ1v) is 4.55. The van der Waals surface area contributed by atoms with Gasteiger partial charge in [-0.1, -0.05) is 20.8 Å². The van der Waals surface area contributed by atoms with Crippen molar-refractivity contribution in [1.82, 2.24) is 0 Å². The van der Waals surface area contributed by atoms with Gasteiger partial charge >= 0.3 is 0 Å². The van der Waals surface area contributed by atoms with E-state index in [-0.39, 0.29) is 12.5 Å². The molecule has 0 aliphatic carbocycles. The van der Waals surface area contributed by atoms with Crippen molar-refractivity contribution in [3.05, 3.63) is 0 Å². The molecule has 0 aromatic rings. The first kappa shape index (κ1) is 11.9. The standard InChI is InChI=1S/C9H21NO2/c1-4-9(12,6-10)5-8(11)7(2)3/h7-8,11-12H,4-6,10H2,1-3H3. The first-order chi connectivity index (χ1) is 5.45. The van der Waals surface area contributed by atoms with Crippen molar-refractivity contribution in [1.29, 1.82) is 0 Å². The molecule has 3 nitrogen and oxygen atoms in total. The predicted octanol–water partition coefficient (Wildman–Crippen LogP) is 0.493. The molecule has 0 aliphatic rings. The van der Waals surface area contributed by atoms with Crippen LogP contribution in [0.25, 0.3) is 0 Å². The highest BCUT2D eigenvalue weighted by Crippen LogP contribution is 2.19. The third-order valence-corrected chi connectivity index (χ3v) is 2.40. The van der Waals surface area contributed by atoms with E-state index in [1.807, 2.05) is 20.8 Å². The highest BCUT2D eigenvalue weighted by Gasteiger charge is 2.27. The molecule has 12 heavy (non-hydrogen) atoms. The maximum atomic E-state index is 9.76. The monoisotopic (exact) mass is 175 g/mol. The largest absolute Gasteiger partial charge is 0.393 e. The van der Waals surface area contributed by atoms with Gasteiger partial charge in [0.2, 0.25) is 0 Å². The Morgan fingerprint density at radius 1 is 1.42 bits per heavy atom. The summed E-state index contributed by atoms with van der Waals surface area (Å²) in [6.45, 7) is 5.95. The Kier molecular flexibility index (Phi) is 4.75. The van der Waals surface area contributed by atoms with Gasteiger partial charge in [0.05, 0.1) is 11.7 Å². The van der Waals surface area contributed by atoms with Crippen LogP contribution in [-0.4, -0.2) is 28.5 Å². The second-order valence-corrected chi connectivity index (χ2v) is 3.80. The molecule has 0 fully saturated rings. The van der Waals surface area contributed by atoms with E-state index in [9.17, 15) is 10.2 Å². The molecule has 0 rings (SSSR count). The van der Waals surface area contributed by atoms with Gasteiger partial charge in [-0.2, -0.15) is 0 Å². The Bertz CT molecular complexity index is 122. The van der Waals surface area contributed by atoms with Gasteiger partial charge in [-0.05, 0) is 12.3 Å². The minimum absolute atomic E-state index is 0.176. The number of aliphatic hydroxyl groups excluding tert-OH is 1. The van der Waals surface area contributed by atoms with Gasteiger partial charge in [0.25, 0.3) is 0 Å². The Hall–Kier alpha value is -0.120. The summed E-state index contributed by atoms with van der Waals surface area (Å²) < 4.78 is 0. The summed E-state index contributed by atoms with van der Waals surface area (Å²) in [5.41, 5.74) is 4.52. The number of aliphatic hydroxyl groups is 2. The SMILES string of the molecule is CCC(O)(CN)CC(O)C(C)C. The Morgan fingerprint density at radius 2 is 1.92 bits per heavy atom. The average Bonchev–Trinajstić information content (AvgIpc) is 2.04. The molecule has 74 valence electrons. The van der Waals surface area contributed by atoms with E-state index in [1.54, 1.807) is 0 Å². The van der Waals surface area contributed by atoms with Gasteiger partial charge in [0.15, 0.2) is 0 Å².